The molecule has 0 bridgehead atoms. The van der Waals surface area contributed by atoms with Crippen molar-refractivity contribution in [1.82, 2.24) is 0 Å². The summed E-state index contributed by atoms with van der Waals surface area (Å²) < 4.78 is 39.5. The minimum absolute atomic E-state index is 0.242. The first-order valence-corrected chi connectivity index (χ1v) is 11.2. The fourth-order valence-corrected chi connectivity index (χ4v) is 4.62. The van der Waals surface area contributed by atoms with Crippen LogP contribution in [0.3, 0.4) is 0 Å². The molecule has 0 saturated heterocycles. The van der Waals surface area contributed by atoms with Crippen LogP contribution in [-0.2, 0) is 16.7 Å². The Morgan fingerprint density at radius 3 is 2.79 bits per heavy atom. The first kappa shape index (κ1) is 19.2. The maximum Gasteiger partial charge on any atom is 0.265 e. The van der Waals surface area contributed by atoms with E-state index in [4.69, 9.17) is 9.29 Å². The molecule has 0 aliphatic carbocycles. The molecule has 1 aromatic carbocycles. The highest BCUT2D eigenvalue weighted by Crippen LogP contribution is 2.28. The third kappa shape index (κ3) is 4.95. The number of aryl methyl sites for hydroxylation is 1. The van der Waals surface area contributed by atoms with Gasteiger partial charge >= 0.3 is 0 Å². The smallest absolute Gasteiger partial charge is 0.265 e. The van der Waals surface area contributed by atoms with Gasteiger partial charge in [-0.3, -0.25) is 4.55 Å². The van der Waals surface area contributed by atoms with Crippen LogP contribution in [0.15, 0.2) is 23.1 Å². The highest BCUT2D eigenvalue weighted by atomic mass is 32.2. The van der Waals surface area contributed by atoms with Crippen LogP contribution in [0.25, 0.3) is 16.3 Å². The second kappa shape index (κ2) is 8.33. The second-order valence-electron chi connectivity index (χ2n) is 5.23. The number of aromatic nitrogens is 1. The molecule has 1 aromatic heterocycles. The standard InChI is InChI=1S/C16H21NO4S3/c1-4-13(22-3)11-16-17(8-5-9-24(18,19)20)14-10-12(21-2)6-7-15(14)23-16/h6-7,10-11H,4-5,8-9H2,1-3H3/p+1. The largest absolute Gasteiger partial charge is 0.497 e. The molecular weight excluding hydrogens is 366 g/mol. The quantitative estimate of drug-likeness (QED) is 0.553. The van der Waals surface area contributed by atoms with Gasteiger partial charge in [-0.05, 0) is 29.7 Å². The Kier molecular flexibility index (Phi) is 6.68. The normalized spacial score (nSPS) is 12.8. The zero-order valence-electron chi connectivity index (χ0n) is 14.0. The van der Waals surface area contributed by atoms with Gasteiger partial charge in [-0.25, -0.2) is 0 Å². The minimum Gasteiger partial charge on any atom is -0.497 e. The number of ether oxygens (including phenoxy) is 1. The molecular formula is C16H22NO4S3+. The molecule has 0 aliphatic heterocycles. The van der Waals surface area contributed by atoms with E-state index in [0.717, 1.165) is 27.4 Å². The molecule has 0 aliphatic rings. The van der Waals surface area contributed by atoms with Gasteiger partial charge in [-0.1, -0.05) is 18.3 Å². The van der Waals surface area contributed by atoms with Crippen LogP contribution in [0.1, 0.15) is 24.8 Å². The summed E-state index contributed by atoms with van der Waals surface area (Å²) >= 11 is 3.38. The lowest BCUT2D eigenvalue weighted by Crippen LogP contribution is -2.36. The topological polar surface area (TPSA) is 67.5 Å². The van der Waals surface area contributed by atoms with E-state index in [2.05, 4.69) is 17.6 Å². The first-order chi connectivity index (χ1) is 11.4. The third-order valence-corrected chi connectivity index (χ3v) is 6.46. The average Bonchev–Trinajstić information content (AvgIpc) is 2.88. The Hall–Kier alpha value is -1.09. The molecule has 0 fully saturated rings. The van der Waals surface area contributed by atoms with Gasteiger partial charge in [0.2, 0.25) is 5.52 Å². The van der Waals surface area contributed by atoms with Crippen molar-refractivity contribution in [2.24, 2.45) is 0 Å². The molecule has 5 nitrogen and oxygen atoms in total. The van der Waals surface area contributed by atoms with Crippen molar-refractivity contribution in [2.45, 2.75) is 26.3 Å². The number of benzene rings is 1. The summed E-state index contributed by atoms with van der Waals surface area (Å²) in [6.07, 6.45) is 5.50. The van der Waals surface area contributed by atoms with Gasteiger partial charge in [0.25, 0.3) is 15.1 Å². The zero-order valence-corrected chi connectivity index (χ0v) is 16.4. The Morgan fingerprint density at radius 1 is 1.46 bits per heavy atom. The average molecular weight is 389 g/mol. The highest BCUT2D eigenvalue weighted by molar-refractivity contribution is 8.02. The molecule has 0 radical (unpaired) electrons. The molecule has 0 spiro atoms. The van der Waals surface area contributed by atoms with E-state index in [1.54, 1.807) is 30.2 Å². The molecule has 8 heteroatoms. The lowest BCUT2D eigenvalue weighted by molar-refractivity contribution is -0.668. The summed E-state index contributed by atoms with van der Waals surface area (Å²) in [6.45, 7) is 2.63. The van der Waals surface area contributed by atoms with E-state index >= 15 is 0 Å². The predicted molar refractivity (Wildman–Crippen MR) is 101 cm³/mol. The lowest BCUT2D eigenvalue weighted by Gasteiger charge is -2.01. The molecule has 132 valence electrons. The molecule has 0 amide bonds. The SMILES string of the molecule is CCC(=Cc1sc2ccc(OC)cc2[n+]1CCCS(=O)(=O)O)SC. The summed E-state index contributed by atoms with van der Waals surface area (Å²) in [4.78, 5) is 1.26. The van der Waals surface area contributed by atoms with Crippen molar-refractivity contribution >= 4 is 49.5 Å². The third-order valence-electron chi connectivity index (χ3n) is 3.62. The predicted octanol–water partition coefficient (Wildman–Crippen LogP) is 3.59. The maximum atomic E-state index is 11.0. The number of hydrogen-bond donors (Lipinski definition) is 1. The van der Waals surface area contributed by atoms with Crippen LogP contribution in [0.2, 0.25) is 0 Å². The van der Waals surface area contributed by atoms with E-state index in [9.17, 15) is 8.42 Å². The number of rotatable bonds is 8. The number of allylic oxidation sites excluding steroid dienone is 1. The van der Waals surface area contributed by atoms with Crippen LogP contribution in [0.5, 0.6) is 5.75 Å². The Bertz CT molecular complexity index is 834. The molecule has 0 unspecified atom stereocenters. The van der Waals surface area contributed by atoms with Gasteiger partial charge in [0, 0.05) is 12.5 Å². The van der Waals surface area contributed by atoms with Gasteiger partial charge in [0.15, 0.2) is 6.54 Å². The molecule has 24 heavy (non-hydrogen) atoms. The molecule has 2 aromatic rings. The van der Waals surface area contributed by atoms with Crippen molar-refractivity contribution in [3.63, 3.8) is 0 Å². The number of thiazole rings is 1. The highest BCUT2D eigenvalue weighted by Gasteiger charge is 2.21. The Balaban J connectivity index is 2.46. The Morgan fingerprint density at radius 2 is 2.21 bits per heavy atom. The summed E-state index contributed by atoms with van der Waals surface area (Å²) in [5, 5.41) is 1.07. The van der Waals surface area contributed by atoms with Gasteiger partial charge in [0.1, 0.15) is 10.4 Å². The summed E-state index contributed by atoms with van der Waals surface area (Å²) in [5.74, 6) is 0.521. The van der Waals surface area contributed by atoms with Crippen molar-refractivity contribution in [3.8, 4) is 5.75 Å². The van der Waals surface area contributed by atoms with Crippen molar-refractivity contribution in [3.05, 3.63) is 28.1 Å². The van der Waals surface area contributed by atoms with Gasteiger partial charge in [-0.15, -0.1) is 11.8 Å². The maximum absolute atomic E-state index is 11.0. The molecule has 1 heterocycles. The van der Waals surface area contributed by atoms with Crippen LogP contribution < -0.4 is 9.30 Å². The van der Waals surface area contributed by atoms with Crippen molar-refractivity contribution in [2.75, 3.05) is 19.1 Å². The Labute approximate surface area is 151 Å². The second-order valence-corrected chi connectivity index (χ2v) is 8.80. The molecule has 0 saturated carbocycles. The fraction of sp³-hybridized carbons (Fsp3) is 0.438. The summed E-state index contributed by atoms with van der Waals surface area (Å²) in [6, 6.07) is 5.89. The molecule has 1 N–H and O–H groups in total. The van der Waals surface area contributed by atoms with E-state index < -0.39 is 10.1 Å². The zero-order chi connectivity index (χ0) is 17.7. The lowest BCUT2D eigenvalue weighted by atomic mass is 10.3. The van der Waals surface area contributed by atoms with Gasteiger partial charge in [0.05, 0.1) is 18.9 Å². The number of methoxy groups -OCH3 is 1. The number of hydrogen-bond acceptors (Lipinski definition) is 5. The molecule has 2 rings (SSSR count). The summed E-state index contributed by atoms with van der Waals surface area (Å²) in [5.41, 5.74) is 1.01. The number of thioether (sulfide) groups is 1. The van der Waals surface area contributed by atoms with Crippen LogP contribution in [0, 0.1) is 0 Å². The van der Waals surface area contributed by atoms with Crippen LogP contribution in [-0.4, -0.2) is 32.1 Å². The van der Waals surface area contributed by atoms with Crippen LogP contribution >= 0.6 is 23.1 Å². The van der Waals surface area contributed by atoms with E-state index in [1.807, 2.05) is 24.5 Å². The van der Waals surface area contributed by atoms with E-state index in [-0.39, 0.29) is 5.75 Å². The van der Waals surface area contributed by atoms with Gasteiger partial charge in [-0.2, -0.15) is 13.0 Å². The van der Waals surface area contributed by atoms with E-state index in [1.165, 1.54) is 4.91 Å². The molecule has 0 atom stereocenters. The van der Waals surface area contributed by atoms with Crippen molar-refractivity contribution in [1.29, 1.82) is 0 Å². The summed E-state index contributed by atoms with van der Waals surface area (Å²) in [7, 11) is -2.32. The van der Waals surface area contributed by atoms with Crippen molar-refractivity contribution < 1.29 is 22.3 Å². The monoisotopic (exact) mass is 388 g/mol. The minimum atomic E-state index is -3.94. The first-order valence-electron chi connectivity index (χ1n) is 7.58. The fourth-order valence-electron chi connectivity index (χ4n) is 2.39. The number of nitrogens with zero attached hydrogens (tertiary/aromatic N) is 1. The van der Waals surface area contributed by atoms with E-state index in [0.29, 0.717) is 13.0 Å². The van der Waals surface area contributed by atoms with Gasteiger partial charge < -0.3 is 4.74 Å². The van der Waals surface area contributed by atoms with Crippen LogP contribution in [0.4, 0.5) is 0 Å². The number of fused-ring (bicyclic) bond motifs is 1.